The molecule has 0 spiro atoms. The minimum Gasteiger partial charge on any atom is -0.495 e. The highest BCUT2D eigenvalue weighted by Gasteiger charge is 2.10. The summed E-state index contributed by atoms with van der Waals surface area (Å²) in [6.07, 6.45) is 0.418. The predicted octanol–water partition coefficient (Wildman–Crippen LogP) is 2.24. The molecule has 0 atom stereocenters. The Morgan fingerprint density at radius 2 is 2.10 bits per heavy atom. The van der Waals surface area contributed by atoms with E-state index in [1.54, 1.807) is 18.2 Å². The lowest BCUT2D eigenvalue weighted by Crippen LogP contribution is -2.27. The molecule has 5 nitrogen and oxygen atoms in total. The number of anilines is 1. The van der Waals surface area contributed by atoms with Gasteiger partial charge in [-0.05, 0) is 31.3 Å². The SMILES string of the molecule is CCN(CC)CCC(=O)Nc1cc(C#N)ccc1OC. The minimum absolute atomic E-state index is 0.0784. The maximum atomic E-state index is 11.9. The number of carbonyl (C=O) groups is 1. The molecule has 0 heterocycles. The van der Waals surface area contributed by atoms with Crippen LogP contribution in [0.25, 0.3) is 0 Å². The van der Waals surface area contributed by atoms with E-state index in [0.29, 0.717) is 23.4 Å². The first kappa shape index (κ1) is 16.0. The molecule has 1 aromatic rings. The Bertz CT molecular complexity index is 490. The smallest absolute Gasteiger partial charge is 0.225 e. The summed E-state index contributed by atoms with van der Waals surface area (Å²) >= 11 is 0. The first-order valence-electron chi connectivity index (χ1n) is 6.74. The maximum Gasteiger partial charge on any atom is 0.225 e. The summed E-state index contributed by atoms with van der Waals surface area (Å²) in [6, 6.07) is 7.00. The van der Waals surface area contributed by atoms with Gasteiger partial charge >= 0.3 is 0 Å². The fourth-order valence-corrected chi connectivity index (χ4v) is 1.89. The summed E-state index contributed by atoms with van der Waals surface area (Å²) in [5.41, 5.74) is 1.03. The Labute approximate surface area is 120 Å². The van der Waals surface area contributed by atoms with Crippen molar-refractivity contribution in [1.82, 2.24) is 4.90 Å². The van der Waals surface area contributed by atoms with Gasteiger partial charge in [0.1, 0.15) is 5.75 Å². The van der Waals surface area contributed by atoms with Gasteiger partial charge in [0.15, 0.2) is 0 Å². The van der Waals surface area contributed by atoms with E-state index >= 15 is 0 Å². The van der Waals surface area contributed by atoms with Gasteiger partial charge in [-0.2, -0.15) is 5.26 Å². The van der Waals surface area contributed by atoms with E-state index in [1.807, 2.05) is 6.07 Å². The molecule has 0 radical (unpaired) electrons. The van der Waals surface area contributed by atoms with Crippen LogP contribution >= 0.6 is 0 Å². The second-order valence-electron chi connectivity index (χ2n) is 4.35. The molecule has 108 valence electrons. The molecule has 20 heavy (non-hydrogen) atoms. The van der Waals surface area contributed by atoms with Crippen LogP contribution in [-0.2, 0) is 4.79 Å². The van der Waals surface area contributed by atoms with Crippen LogP contribution in [0, 0.1) is 11.3 Å². The lowest BCUT2D eigenvalue weighted by Gasteiger charge is -2.17. The van der Waals surface area contributed by atoms with Crippen LogP contribution in [0.2, 0.25) is 0 Å². The van der Waals surface area contributed by atoms with Gasteiger partial charge in [-0.25, -0.2) is 0 Å². The highest BCUT2D eigenvalue weighted by atomic mass is 16.5. The van der Waals surface area contributed by atoms with Crippen molar-refractivity contribution in [2.75, 3.05) is 32.1 Å². The van der Waals surface area contributed by atoms with Crippen molar-refractivity contribution in [2.24, 2.45) is 0 Å². The molecule has 0 aliphatic carbocycles. The van der Waals surface area contributed by atoms with Crippen molar-refractivity contribution in [3.05, 3.63) is 23.8 Å². The Kier molecular flexibility index (Phi) is 6.54. The number of rotatable bonds is 7. The van der Waals surface area contributed by atoms with Gasteiger partial charge in [0, 0.05) is 13.0 Å². The maximum absolute atomic E-state index is 11.9. The average Bonchev–Trinajstić information content (AvgIpc) is 2.48. The van der Waals surface area contributed by atoms with Crippen LogP contribution in [0.3, 0.4) is 0 Å². The van der Waals surface area contributed by atoms with Crippen molar-refractivity contribution in [1.29, 1.82) is 5.26 Å². The summed E-state index contributed by atoms with van der Waals surface area (Å²) in [6.45, 7) is 6.72. The number of ether oxygens (including phenoxy) is 1. The summed E-state index contributed by atoms with van der Waals surface area (Å²) in [4.78, 5) is 14.1. The van der Waals surface area contributed by atoms with Gasteiger partial charge in [0.25, 0.3) is 0 Å². The summed E-state index contributed by atoms with van der Waals surface area (Å²) in [5.74, 6) is 0.477. The highest BCUT2D eigenvalue weighted by Crippen LogP contribution is 2.25. The third-order valence-electron chi connectivity index (χ3n) is 3.15. The number of nitrogens with zero attached hydrogens (tertiary/aromatic N) is 2. The number of amides is 1. The number of hydrogen-bond donors (Lipinski definition) is 1. The fraction of sp³-hybridized carbons (Fsp3) is 0.467. The van der Waals surface area contributed by atoms with Gasteiger partial charge in [-0.15, -0.1) is 0 Å². The van der Waals surface area contributed by atoms with E-state index < -0.39 is 0 Å². The zero-order valence-corrected chi connectivity index (χ0v) is 12.3. The summed E-state index contributed by atoms with van der Waals surface area (Å²) in [5, 5.41) is 11.7. The fourth-order valence-electron chi connectivity index (χ4n) is 1.89. The van der Waals surface area contributed by atoms with Crippen molar-refractivity contribution >= 4 is 11.6 Å². The van der Waals surface area contributed by atoms with Crippen LogP contribution in [-0.4, -0.2) is 37.6 Å². The van der Waals surface area contributed by atoms with Crippen LogP contribution in [0.5, 0.6) is 5.75 Å². The highest BCUT2D eigenvalue weighted by molar-refractivity contribution is 5.92. The van der Waals surface area contributed by atoms with Crippen molar-refractivity contribution in [2.45, 2.75) is 20.3 Å². The molecule has 0 saturated carbocycles. The number of nitriles is 1. The number of carbonyl (C=O) groups excluding carboxylic acids is 1. The van der Waals surface area contributed by atoms with Crippen LogP contribution < -0.4 is 10.1 Å². The summed E-state index contributed by atoms with van der Waals surface area (Å²) < 4.78 is 5.18. The topological polar surface area (TPSA) is 65.4 Å². The van der Waals surface area contributed by atoms with Crippen molar-refractivity contribution in [3.63, 3.8) is 0 Å². The third-order valence-corrected chi connectivity index (χ3v) is 3.15. The molecular formula is C15H21N3O2. The van der Waals surface area contributed by atoms with E-state index in [9.17, 15) is 4.79 Å². The third kappa shape index (κ3) is 4.56. The van der Waals surface area contributed by atoms with E-state index in [4.69, 9.17) is 10.00 Å². The molecule has 0 bridgehead atoms. The Morgan fingerprint density at radius 1 is 1.40 bits per heavy atom. The molecule has 0 aromatic heterocycles. The van der Waals surface area contributed by atoms with Gasteiger partial charge in [0.05, 0.1) is 24.4 Å². The number of benzene rings is 1. The minimum atomic E-state index is -0.0784. The monoisotopic (exact) mass is 275 g/mol. The van der Waals surface area contributed by atoms with Gasteiger partial charge < -0.3 is 15.0 Å². The molecule has 1 rings (SSSR count). The van der Waals surface area contributed by atoms with Gasteiger partial charge in [-0.1, -0.05) is 13.8 Å². The molecule has 5 heteroatoms. The van der Waals surface area contributed by atoms with E-state index in [1.165, 1.54) is 7.11 Å². The van der Waals surface area contributed by atoms with Crippen molar-refractivity contribution < 1.29 is 9.53 Å². The molecule has 0 fully saturated rings. The molecule has 1 aromatic carbocycles. The summed E-state index contributed by atoms with van der Waals surface area (Å²) in [7, 11) is 1.53. The Hall–Kier alpha value is -2.06. The van der Waals surface area contributed by atoms with Crippen molar-refractivity contribution in [3.8, 4) is 11.8 Å². The molecule has 1 N–H and O–H groups in total. The Morgan fingerprint density at radius 3 is 2.65 bits per heavy atom. The standard InChI is InChI=1S/C15H21N3O2/c1-4-18(5-2)9-8-15(19)17-13-10-12(11-16)6-7-14(13)20-3/h6-7,10H,4-5,8-9H2,1-3H3,(H,17,19). The molecule has 0 aliphatic rings. The zero-order valence-electron chi connectivity index (χ0n) is 12.3. The van der Waals surface area contributed by atoms with Gasteiger partial charge in [-0.3, -0.25) is 4.79 Å². The molecule has 1 amide bonds. The number of methoxy groups -OCH3 is 1. The zero-order chi connectivity index (χ0) is 15.0. The lowest BCUT2D eigenvalue weighted by molar-refractivity contribution is -0.116. The first-order valence-corrected chi connectivity index (χ1v) is 6.74. The second-order valence-corrected chi connectivity index (χ2v) is 4.35. The molecule has 0 unspecified atom stereocenters. The van der Waals surface area contributed by atoms with Crippen LogP contribution in [0.15, 0.2) is 18.2 Å². The van der Waals surface area contributed by atoms with Crippen LogP contribution in [0.1, 0.15) is 25.8 Å². The van der Waals surface area contributed by atoms with Crippen LogP contribution in [0.4, 0.5) is 5.69 Å². The normalized spacial score (nSPS) is 10.2. The quantitative estimate of drug-likeness (QED) is 0.828. The molecule has 0 saturated heterocycles. The van der Waals surface area contributed by atoms with E-state index in [2.05, 4.69) is 24.1 Å². The predicted molar refractivity (Wildman–Crippen MR) is 78.7 cm³/mol. The largest absolute Gasteiger partial charge is 0.495 e. The average molecular weight is 275 g/mol. The second kappa shape index (κ2) is 8.18. The van der Waals surface area contributed by atoms with E-state index in [0.717, 1.165) is 19.6 Å². The van der Waals surface area contributed by atoms with Gasteiger partial charge in [0.2, 0.25) is 5.91 Å². The number of hydrogen-bond acceptors (Lipinski definition) is 4. The number of nitrogens with one attached hydrogen (secondary N) is 1. The lowest BCUT2D eigenvalue weighted by atomic mass is 10.2. The first-order chi connectivity index (χ1) is 9.64. The molecule has 0 aliphatic heterocycles. The Balaban J connectivity index is 2.67. The van der Waals surface area contributed by atoms with E-state index in [-0.39, 0.29) is 5.91 Å². The molecular weight excluding hydrogens is 254 g/mol.